The maximum atomic E-state index is 11.8. The number of rotatable bonds is 11. The third-order valence-corrected chi connectivity index (χ3v) is 20.0. The summed E-state index contributed by atoms with van der Waals surface area (Å²) < 4.78 is 61.4. The minimum atomic E-state index is -2.00. The smallest absolute Gasteiger partial charge is 0.187 e. The second-order valence-corrected chi connectivity index (χ2v) is 23.9. The summed E-state index contributed by atoms with van der Waals surface area (Å²) in [6, 6.07) is 0. The Kier molecular flexibility index (Phi) is 15.9. The van der Waals surface area contributed by atoms with Crippen molar-refractivity contribution in [3.05, 3.63) is 0 Å². The number of aliphatic hydroxyl groups excluding tert-OH is 12. The van der Waals surface area contributed by atoms with Crippen molar-refractivity contribution in [2.75, 3.05) is 33.0 Å². The Morgan fingerprint density at radius 1 is 0.514 bits per heavy atom. The summed E-state index contributed by atoms with van der Waals surface area (Å²) in [6.45, 7) is 7.42. The second-order valence-electron chi connectivity index (χ2n) is 23.9. The number of hydrogen-bond acceptors (Lipinski definition) is 22. The Hall–Kier alpha value is -0.880. The van der Waals surface area contributed by atoms with E-state index in [2.05, 4.69) is 27.7 Å². The predicted octanol–water partition coefficient (Wildman–Crippen LogP) is -2.27. The van der Waals surface area contributed by atoms with Crippen molar-refractivity contribution in [1.29, 1.82) is 0 Å². The first-order valence-electron chi connectivity index (χ1n) is 26.7. The standard InChI is InChI=1S/C50H82O22/c1-20-7-12-50(64-18-20)21(2)32-28(72-50)14-26-24-6-5-22-13-23(8-10-48(22,3)25(24)9-11-49(26,32)4)65-45-40(62)37(59)41(31(17-53)68-45)69-47-43(71-46-39(61)36(58)34(56)29(15-51)66-46)42(35(57)30(16-52)67-47)70-44-38(60)33(55)27(54)19-63-44/h20-47,51-62H,5-19H2,1-4H3/t20-,21-,22?,23-,24+,25-,26-,27+,28-,29+,30+,31+,32-,33-,34+,35+,36-,37+,38+,39+,40+,41-,42-,43+,44-,45+,46-,47-,48-,49-,50+/m0/s1. The first-order chi connectivity index (χ1) is 34.3. The highest BCUT2D eigenvalue weighted by Gasteiger charge is 2.69. The molecule has 22 heteroatoms. The molecule has 0 bridgehead atoms. The lowest BCUT2D eigenvalue weighted by Crippen LogP contribution is -2.68. The van der Waals surface area contributed by atoms with Crippen LogP contribution in [0.15, 0.2) is 0 Å². The van der Waals surface area contributed by atoms with E-state index in [1.807, 2.05) is 0 Å². The van der Waals surface area contributed by atoms with Gasteiger partial charge in [0.15, 0.2) is 30.9 Å². The van der Waals surface area contributed by atoms with Crippen LogP contribution in [0.5, 0.6) is 0 Å². The predicted molar refractivity (Wildman–Crippen MR) is 242 cm³/mol. The Labute approximate surface area is 419 Å². The molecular formula is C50H82O22. The van der Waals surface area contributed by atoms with Crippen LogP contribution in [0.25, 0.3) is 0 Å². The van der Waals surface area contributed by atoms with Gasteiger partial charge in [-0.15, -0.1) is 0 Å². The third kappa shape index (κ3) is 9.26. The molecule has 4 saturated carbocycles. The molecule has 6 aliphatic heterocycles. The van der Waals surface area contributed by atoms with Crippen molar-refractivity contribution in [2.45, 2.75) is 227 Å². The quantitative estimate of drug-likeness (QED) is 0.0971. The van der Waals surface area contributed by atoms with Crippen LogP contribution in [-0.4, -0.2) is 229 Å². The summed E-state index contributed by atoms with van der Waals surface area (Å²) >= 11 is 0. The summed E-state index contributed by atoms with van der Waals surface area (Å²) in [5.41, 5.74) is 0.293. The van der Waals surface area contributed by atoms with Gasteiger partial charge in [0.05, 0.1) is 45.2 Å². The van der Waals surface area contributed by atoms with Crippen molar-refractivity contribution in [3.8, 4) is 0 Å². The molecule has 1 unspecified atom stereocenters. The Bertz CT molecular complexity index is 1830. The molecule has 6 heterocycles. The number of hydrogen-bond donors (Lipinski definition) is 12. The van der Waals surface area contributed by atoms with Crippen LogP contribution >= 0.6 is 0 Å². The van der Waals surface area contributed by atoms with Gasteiger partial charge in [0.25, 0.3) is 0 Å². The zero-order valence-corrected chi connectivity index (χ0v) is 41.7. The average molecular weight is 1040 g/mol. The molecule has 0 aromatic heterocycles. The molecule has 10 rings (SSSR count). The summed E-state index contributed by atoms with van der Waals surface area (Å²) in [5.74, 6) is 3.06. The highest BCUT2D eigenvalue weighted by molar-refractivity contribution is 5.15. The van der Waals surface area contributed by atoms with Crippen molar-refractivity contribution in [3.63, 3.8) is 0 Å². The van der Waals surface area contributed by atoms with E-state index in [4.69, 9.17) is 47.4 Å². The molecule has 12 N–H and O–H groups in total. The van der Waals surface area contributed by atoms with Gasteiger partial charge in [-0.05, 0) is 104 Å². The number of ether oxygens (including phenoxy) is 10. The van der Waals surface area contributed by atoms with Gasteiger partial charge in [-0.1, -0.05) is 27.7 Å². The SMILES string of the molecule is C[C@H]1CC[C@@]2(OC1)O[C@H]1C[C@H]3[C@@H]4CCC5C[C@@H](O[C@@H]6O[C@H](CO)[C@H](O[C@@H]7O[C@H](CO)[C@@H](O)[C@H](O[C@@H]8OC[C@@H](O)[C@H](O)[C@H]8O)[C@H]7O[C@@H]7O[C@H](CO)[C@@H](O)[C@H](O)[C@H]7O)[C@H](O)[C@H]6O)CC[C@]5(C)[C@H]4CC[C@]3(C)[C@H]1[C@@H]2C. The molecule has 10 aliphatic rings. The molecule has 1 spiro atoms. The van der Waals surface area contributed by atoms with Gasteiger partial charge < -0.3 is 109 Å². The summed E-state index contributed by atoms with van der Waals surface area (Å²) in [4.78, 5) is 0. The van der Waals surface area contributed by atoms with Gasteiger partial charge in [0.2, 0.25) is 0 Å². The van der Waals surface area contributed by atoms with E-state index in [1.54, 1.807) is 0 Å². The van der Waals surface area contributed by atoms with E-state index < -0.39 is 149 Å². The van der Waals surface area contributed by atoms with Gasteiger partial charge in [-0.3, -0.25) is 0 Å². The largest absolute Gasteiger partial charge is 0.394 e. The van der Waals surface area contributed by atoms with Crippen LogP contribution in [0, 0.1) is 52.3 Å². The second kappa shape index (κ2) is 21.1. The van der Waals surface area contributed by atoms with Crippen molar-refractivity contribution >= 4 is 0 Å². The van der Waals surface area contributed by atoms with E-state index in [1.165, 1.54) is 12.8 Å². The Morgan fingerprint density at radius 2 is 1.14 bits per heavy atom. The lowest BCUT2D eigenvalue weighted by atomic mass is 9.44. The summed E-state index contributed by atoms with van der Waals surface area (Å²) in [5, 5.41) is 129. The molecule has 10 fully saturated rings. The zero-order valence-electron chi connectivity index (χ0n) is 41.7. The van der Waals surface area contributed by atoms with Crippen molar-refractivity contribution < 1.29 is 109 Å². The topological polar surface area (TPSA) is 335 Å². The minimum absolute atomic E-state index is 0.0916. The molecule has 0 amide bonds. The number of fused-ring (bicyclic) bond motifs is 7. The fourth-order valence-corrected chi connectivity index (χ4v) is 15.9. The molecular weight excluding hydrogens is 953 g/mol. The minimum Gasteiger partial charge on any atom is -0.394 e. The molecule has 31 atom stereocenters. The van der Waals surface area contributed by atoms with Crippen molar-refractivity contribution in [2.24, 2.45) is 52.3 Å². The number of aliphatic hydroxyl groups is 12. The highest BCUT2D eigenvalue weighted by atomic mass is 16.8. The molecule has 0 aromatic carbocycles. The van der Waals surface area contributed by atoms with Crippen LogP contribution in [-0.2, 0) is 47.4 Å². The Morgan fingerprint density at radius 3 is 1.85 bits per heavy atom. The first-order valence-corrected chi connectivity index (χ1v) is 26.7. The molecule has 0 radical (unpaired) electrons. The molecule has 414 valence electrons. The molecule has 4 aliphatic carbocycles. The lowest BCUT2D eigenvalue weighted by Gasteiger charge is -2.61. The van der Waals surface area contributed by atoms with Crippen LogP contribution in [0.1, 0.15) is 91.9 Å². The van der Waals surface area contributed by atoms with Crippen molar-refractivity contribution in [1.82, 2.24) is 0 Å². The zero-order chi connectivity index (χ0) is 51.3. The molecule has 22 nitrogen and oxygen atoms in total. The van der Waals surface area contributed by atoms with E-state index in [9.17, 15) is 61.3 Å². The normalized spacial score (nSPS) is 57.8. The van der Waals surface area contributed by atoms with Crippen LogP contribution in [0.2, 0.25) is 0 Å². The first kappa shape index (κ1) is 54.5. The van der Waals surface area contributed by atoms with E-state index in [0.717, 1.165) is 51.6 Å². The fraction of sp³-hybridized carbons (Fsp3) is 1.00. The van der Waals surface area contributed by atoms with Gasteiger partial charge >= 0.3 is 0 Å². The molecule has 0 aromatic rings. The van der Waals surface area contributed by atoms with Gasteiger partial charge in [0.1, 0.15) is 91.6 Å². The highest BCUT2D eigenvalue weighted by Crippen LogP contribution is 2.71. The molecule has 6 saturated heterocycles. The average Bonchev–Trinajstić information content (AvgIpc) is 3.82. The Balaban J connectivity index is 0.812. The summed E-state index contributed by atoms with van der Waals surface area (Å²) in [7, 11) is 0. The van der Waals surface area contributed by atoms with Crippen LogP contribution < -0.4 is 0 Å². The maximum absolute atomic E-state index is 11.8. The maximum Gasteiger partial charge on any atom is 0.187 e. The van der Waals surface area contributed by atoms with E-state index in [-0.39, 0.29) is 23.0 Å². The van der Waals surface area contributed by atoms with Gasteiger partial charge in [0, 0.05) is 12.3 Å². The van der Waals surface area contributed by atoms with Crippen LogP contribution in [0.3, 0.4) is 0 Å². The monoisotopic (exact) mass is 1030 g/mol. The third-order valence-electron chi connectivity index (χ3n) is 20.0. The van der Waals surface area contributed by atoms with Crippen LogP contribution in [0.4, 0.5) is 0 Å². The fourth-order valence-electron chi connectivity index (χ4n) is 15.9. The lowest BCUT2D eigenvalue weighted by molar-refractivity contribution is -0.404. The van der Waals surface area contributed by atoms with Gasteiger partial charge in [-0.25, -0.2) is 0 Å². The van der Waals surface area contributed by atoms with E-state index in [0.29, 0.717) is 47.8 Å². The van der Waals surface area contributed by atoms with E-state index >= 15 is 0 Å². The molecule has 72 heavy (non-hydrogen) atoms. The summed E-state index contributed by atoms with van der Waals surface area (Å²) in [6.07, 6.45) is -22.9. The van der Waals surface area contributed by atoms with Gasteiger partial charge in [-0.2, -0.15) is 0 Å².